The molecule has 0 aliphatic rings. The molecule has 1 rings (SSSR count). The molecule has 1 heterocycles. The van der Waals surface area contributed by atoms with Gasteiger partial charge in [0.2, 0.25) is 5.95 Å². The molecule has 0 spiro atoms. The Labute approximate surface area is 90.3 Å². The number of anilines is 1. The lowest BCUT2D eigenvalue weighted by Crippen LogP contribution is -2.28. The Morgan fingerprint density at radius 1 is 1.40 bits per heavy atom. The third-order valence-corrected chi connectivity index (χ3v) is 2.04. The highest BCUT2D eigenvalue weighted by atomic mass is 16.1. The van der Waals surface area contributed by atoms with E-state index in [-0.39, 0.29) is 0 Å². The number of aromatic nitrogens is 2. The fourth-order valence-corrected chi connectivity index (χ4v) is 1.35. The molecule has 4 heteroatoms. The van der Waals surface area contributed by atoms with Gasteiger partial charge in [-0.1, -0.05) is 13.8 Å². The van der Waals surface area contributed by atoms with Crippen molar-refractivity contribution in [2.24, 2.45) is 5.92 Å². The van der Waals surface area contributed by atoms with Gasteiger partial charge in [-0.3, -0.25) is 4.79 Å². The largest absolute Gasteiger partial charge is 0.341 e. The first kappa shape index (κ1) is 11.6. The summed E-state index contributed by atoms with van der Waals surface area (Å²) in [5.74, 6) is 1.26. The van der Waals surface area contributed by atoms with Crippen LogP contribution in [0.4, 0.5) is 5.95 Å². The molecular weight excluding hydrogens is 190 g/mol. The Bertz CT molecular complexity index is 308. The van der Waals surface area contributed by atoms with Crippen LogP contribution in [0.2, 0.25) is 0 Å². The minimum Gasteiger partial charge on any atom is -0.341 e. The maximum atomic E-state index is 10.4. The maximum absolute atomic E-state index is 10.4. The molecule has 0 fully saturated rings. The van der Waals surface area contributed by atoms with Gasteiger partial charge in [0.05, 0.1) is 5.56 Å². The zero-order valence-corrected chi connectivity index (χ0v) is 9.47. The van der Waals surface area contributed by atoms with Crippen LogP contribution in [-0.4, -0.2) is 29.3 Å². The first-order valence-corrected chi connectivity index (χ1v) is 5.19. The molecule has 1 aromatic heterocycles. The SMILES string of the molecule is CCN(CC(C)C)c1ncc(C=O)cn1. The van der Waals surface area contributed by atoms with Crippen LogP contribution in [0, 0.1) is 5.92 Å². The fraction of sp³-hybridized carbons (Fsp3) is 0.545. The lowest BCUT2D eigenvalue weighted by molar-refractivity contribution is 0.112. The summed E-state index contributed by atoms with van der Waals surface area (Å²) in [7, 11) is 0. The Balaban J connectivity index is 2.78. The molecule has 15 heavy (non-hydrogen) atoms. The van der Waals surface area contributed by atoms with Gasteiger partial charge >= 0.3 is 0 Å². The molecule has 0 aliphatic carbocycles. The average Bonchev–Trinajstić information content (AvgIpc) is 2.26. The van der Waals surface area contributed by atoms with Crippen molar-refractivity contribution >= 4 is 12.2 Å². The molecule has 0 atom stereocenters. The Morgan fingerprint density at radius 3 is 2.40 bits per heavy atom. The molecule has 0 bridgehead atoms. The van der Waals surface area contributed by atoms with Gasteiger partial charge < -0.3 is 4.90 Å². The molecule has 82 valence electrons. The molecule has 0 saturated carbocycles. The summed E-state index contributed by atoms with van der Waals surface area (Å²) < 4.78 is 0. The van der Waals surface area contributed by atoms with E-state index < -0.39 is 0 Å². The molecular formula is C11H17N3O. The van der Waals surface area contributed by atoms with Crippen LogP contribution in [0.25, 0.3) is 0 Å². The van der Waals surface area contributed by atoms with Gasteiger partial charge in [-0.15, -0.1) is 0 Å². The molecule has 0 unspecified atom stereocenters. The standard InChI is InChI=1S/C11H17N3O/c1-4-14(7-9(2)3)11-12-5-10(8-15)6-13-11/h5-6,8-9H,4,7H2,1-3H3. The van der Waals surface area contributed by atoms with E-state index in [1.165, 1.54) is 0 Å². The predicted molar refractivity (Wildman–Crippen MR) is 60.1 cm³/mol. The van der Waals surface area contributed by atoms with E-state index >= 15 is 0 Å². The van der Waals surface area contributed by atoms with Crippen LogP contribution in [0.1, 0.15) is 31.1 Å². The number of aldehydes is 1. The van der Waals surface area contributed by atoms with Gasteiger partial charge in [-0.2, -0.15) is 0 Å². The zero-order chi connectivity index (χ0) is 11.3. The summed E-state index contributed by atoms with van der Waals surface area (Å²) in [5.41, 5.74) is 0.513. The van der Waals surface area contributed by atoms with Crippen LogP contribution < -0.4 is 4.90 Å². The Kier molecular flexibility index (Phi) is 4.21. The van der Waals surface area contributed by atoms with Crippen LogP contribution in [-0.2, 0) is 0 Å². The van der Waals surface area contributed by atoms with Crippen LogP contribution in [0.3, 0.4) is 0 Å². The maximum Gasteiger partial charge on any atom is 0.225 e. The highest BCUT2D eigenvalue weighted by molar-refractivity contribution is 5.73. The van der Waals surface area contributed by atoms with Gasteiger partial charge in [0.25, 0.3) is 0 Å². The number of rotatable bonds is 5. The first-order valence-electron chi connectivity index (χ1n) is 5.19. The highest BCUT2D eigenvalue weighted by Gasteiger charge is 2.08. The van der Waals surface area contributed by atoms with Gasteiger partial charge in [-0.05, 0) is 12.8 Å². The third kappa shape index (κ3) is 3.31. The summed E-state index contributed by atoms with van der Waals surface area (Å²) in [4.78, 5) is 20.9. The summed E-state index contributed by atoms with van der Waals surface area (Å²) >= 11 is 0. The van der Waals surface area contributed by atoms with Gasteiger partial charge in [0.15, 0.2) is 6.29 Å². The Morgan fingerprint density at radius 2 is 2.00 bits per heavy atom. The molecule has 0 aliphatic heterocycles. The van der Waals surface area contributed by atoms with Crippen molar-refractivity contribution in [1.82, 2.24) is 9.97 Å². The van der Waals surface area contributed by atoms with E-state index in [4.69, 9.17) is 0 Å². The van der Waals surface area contributed by atoms with Crippen molar-refractivity contribution in [1.29, 1.82) is 0 Å². The molecule has 0 amide bonds. The van der Waals surface area contributed by atoms with E-state index in [1.54, 1.807) is 12.4 Å². The number of carbonyl (C=O) groups excluding carboxylic acids is 1. The van der Waals surface area contributed by atoms with E-state index in [9.17, 15) is 4.79 Å². The van der Waals surface area contributed by atoms with Crippen molar-refractivity contribution < 1.29 is 4.79 Å². The average molecular weight is 207 g/mol. The topological polar surface area (TPSA) is 46.1 Å². The summed E-state index contributed by atoms with van der Waals surface area (Å²) in [5, 5.41) is 0. The van der Waals surface area contributed by atoms with E-state index in [0.29, 0.717) is 17.4 Å². The highest BCUT2D eigenvalue weighted by Crippen LogP contribution is 2.08. The molecule has 4 nitrogen and oxygen atoms in total. The smallest absolute Gasteiger partial charge is 0.225 e. The predicted octanol–water partition coefficient (Wildman–Crippen LogP) is 1.77. The van der Waals surface area contributed by atoms with Crippen molar-refractivity contribution in [3.05, 3.63) is 18.0 Å². The minimum atomic E-state index is 0.513. The summed E-state index contributed by atoms with van der Waals surface area (Å²) in [6, 6.07) is 0. The minimum absolute atomic E-state index is 0.513. The van der Waals surface area contributed by atoms with Gasteiger partial charge in [0.1, 0.15) is 0 Å². The summed E-state index contributed by atoms with van der Waals surface area (Å²) in [6.45, 7) is 8.18. The van der Waals surface area contributed by atoms with Gasteiger partial charge in [-0.25, -0.2) is 9.97 Å². The van der Waals surface area contributed by atoms with Crippen LogP contribution in [0.5, 0.6) is 0 Å². The Hall–Kier alpha value is -1.45. The number of hydrogen-bond acceptors (Lipinski definition) is 4. The zero-order valence-electron chi connectivity index (χ0n) is 9.47. The van der Waals surface area contributed by atoms with Gasteiger partial charge in [0, 0.05) is 25.5 Å². The van der Waals surface area contributed by atoms with E-state index in [0.717, 1.165) is 19.4 Å². The molecule has 1 aromatic rings. The fourth-order valence-electron chi connectivity index (χ4n) is 1.35. The molecule has 0 saturated heterocycles. The second-order valence-corrected chi connectivity index (χ2v) is 3.87. The monoisotopic (exact) mass is 207 g/mol. The van der Waals surface area contributed by atoms with Crippen molar-refractivity contribution in [2.75, 3.05) is 18.0 Å². The van der Waals surface area contributed by atoms with Crippen LogP contribution in [0.15, 0.2) is 12.4 Å². The van der Waals surface area contributed by atoms with E-state index in [2.05, 4.69) is 35.6 Å². The first-order chi connectivity index (χ1) is 7.17. The second kappa shape index (κ2) is 5.44. The van der Waals surface area contributed by atoms with Crippen LogP contribution >= 0.6 is 0 Å². The van der Waals surface area contributed by atoms with Crippen molar-refractivity contribution in [2.45, 2.75) is 20.8 Å². The molecule has 0 N–H and O–H groups in total. The second-order valence-electron chi connectivity index (χ2n) is 3.87. The van der Waals surface area contributed by atoms with E-state index in [1.807, 2.05) is 0 Å². The lowest BCUT2D eigenvalue weighted by atomic mass is 10.2. The molecule has 0 aromatic carbocycles. The number of nitrogens with zero attached hydrogens (tertiary/aromatic N) is 3. The number of carbonyl (C=O) groups is 1. The lowest BCUT2D eigenvalue weighted by Gasteiger charge is -2.22. The molecule has 0 radical (unpaired) electrons. The van der Waals surface area contributed by atoms with Crippen molar-refractivity contribution in [3.8, 4) is 0 Å². The third-order valence-electron chi connectivity index (χ3n) is 2.04. The summed E-state index contributed by atoms with van der Waals surface area (Å²) in [6.07, 6.45) is 3.86. The normalized spacial score (nSPS) is 10.4. The quantitative estimate of drug-likeness (QED) is 0.690. The number of hydrogen-bond donors (Lipinski definition) is 0. The van der Waals surface area contributed by atoms with Crippen molar-refractivity contribution in [3.63, 3.8) is 0 Å².